The number of pyridine rings is 1. The Morgan fingerprint density at radius 3 is 2.58 bits per heavy atom. The van der Waals surface area contributed by atoms with Gasteiger partial charge in [0.15, 0.2) is 23.3 Å². The molecule has 1 aromatic carbocycles. The van der Waals surface area contributed by atoms with Gasteiger partial charge in [-0.2, -0.15) is 0 Å². The lowest BCUT2D eigenvalue weighted by Gasteiger charge is -2.12. The van der Waals surface area contributed by atoms with E-state index in [2.05, 4.69) is 31.7 Å². The number of halogens is 3. The molecule has 0 bridgehead atoms. The molecule has 0 saturated heterocycles. The molecule has 0 spiro atoms. The highest BCUT2D eigenvalue weighted by molar-refractivity contribution is 9.10. The molecule has 0 radical (unpaired) electrons. The lowest BCUT2D eigenvalue weighted by Crippen LogP contribution is -2.12. The van der Waals surface area contributed by atoms with Crippen molar-refractivity contribution < 1.29 is 8.78 Å². The average molecular weight is 329 g/mol. The van der Waals surface area contributed by atoms with Crippen LogP contribution in [0.3, 0.4) is 0 Å². The van der Waals surface area contributed by atoms with Crippen LogP contribution in [0.2, 0.25) is 0 Å². The van der Waals surface area contributed by atoms with Gasteiger partial charge >= 0.3 is 0 Å². The molecular formula is C12H11BrF2N4. The van der Waals surface area contributed by atoms with Gasteiger partial charge in [-0.05, 0) is 24.6 Å². The van der Waals surface area contributed by atoms with Crippen LogP contribution in [0.25, 0.3) is 0 Å². The molecule has 7 heteroatoms. The summed E-state index contributed by atoms with van der Waals surface area (Å²) in [6, 6.07) is 6.14. The zero-order chi connectivity index (χ0) is 14.0. The third kappa shape index (κ3) is 2.82. The minimum Gasteiger partial charge on any atom is -0.337 e. The molecule has 100 valence electrons. The highest BCUT2D eigenvalue weighted by Crippen LogP contribution is 2.28. The third-order valence-corrected chi connectivity index (χ3v) is 3.45. The van der Waals surface area contributed by atoms with Crippen molar-refractivity contribution in [2.24, 2.45) is 5.84 Å². The van der Waals surface area contributed by atoms with E-state index in [9.17, 15) is 8.78 Å². The highest BCUT2D eigenvalue weighted by Gasteiger charge is 2.12. The molecule has 1 heterocycles. The largest absolute Gasteiger partial charge is 0.337 e. The van der Waals surface area contributed by atoms with Gasteiger partial charge in [-0.15, -0.1) is 0 Å². The zero-order valence-corrected chi connectivity index (χ0v) is 11.6. The summed E-state index contributed by atoms with van der Waals surface area (Å²) in [7, 11) is 0. The number of hydrogen-bond acceptors (Lipinski definition) is 4. The fourth-order valence-corrected chi connectivity index (χ4v) is 1.89. The maximum absolute atomic E-state index is 13.6. The maximum Gasteiger partial charge on any atom is 0.178 e. The SMILES string of the molecule is Cc1c(Br)cccc1Nc1nc(NN)c(F)cc1F. The van der Waals surface area contributed by atoms with E-state index in [-0.39, 0.29) is 11.6 Å². The second-order valence-electron chi connectivity index (χ2n) is 3.83. The van der Waals surface area contributed by atoms with Crippen molar-refractivity contribution in [2.75, 3.05) is 10.7 Å². The van der Waals surface area contributed by atoms with E-state index in [1.807, 2.05) is 13.0 Å². The van der Waals surface area contributed by atoms with Crippen LogP contribution in [0.5, 0.6) is 0 Å². The Morgan fingerprint density at radius 1 is 1.21 bits per heavy atom. The van der Waals surface area contributed by atoms with Gasteiger partial charge in [-0.25, -0.2) is 19.6 Å². The van der Waals surface area contributed by atoms with Gasteiger partial charge < -0.3 is 10.7 Å². The van der Waals surface area contributed by atoms with Gasteiger partial charge in [0.1, 0.15) is 0 Å². The molecule has 1 aromatic heterocycles. The number of aromatic nitrogens is 1. The zero-order valence-electron chi connectivity index (χ0n) is 9.97. The van der Waals surface area contributed by atoms with Crippen LogP contribution in [0, 0.1) is 18.6 Å². The third-order valence-electron chi connectivity index (χ3n) is 2.59. The van der Waals surface area contributed by atoms with Gasteiger partial charge in [-0.1, -0.05) is 22.0 Å². The van der Waals surface area contributed by atoms with Gasteiger partial charge in [0.25, 0.3) is 0 Å². The summed E-state index contributed by atoms with van der Waals surface area (Å²) in [5.74, 6) is 3.13. The van der Waals surface area contributed by atoms with Crippen LogP contribution in [-0.2, 0) is 0 Å². The number of hydrogen-bond donors (Lipinski definition) is 3. The quantitative estimate of drug-likeness (QED) is 0.596. The predicted octanol–water partition coefficient (Wildman–Crippen LogP) is 3.46. The van der Waals surface area contributed by atoms with Crippen LogP contribution in [0.4, 0.5) is 26.1 Å². The van der Waals surface area contributed by atoms with Crippen molar-refractivity contribution >= 4 is 33.3 Å². The molecule has 4 N–H and O–H groups in total. The van der Waals surface area contributed by atoms with E-state index in [1.54, 1.807) is 12.1 Å². The molecule has 2 aromatic rings. The second kappa shape index (κ2) is 5.50. The van der Waals surface area contributed by atoms with Gasteiger partial charge in [0.05, 0.1) is 0 Å². The van der Waals surface area contributed by atoms with Crippen molar-refractivity contribution in [3.8, 4) is 0 Å². The molecule has 0 fully saturated rings. The van der Waals surface area contributed by atoms with Gasteiger partial charge in [0.2, 0.25) is 0 Å². The fourth-order valence-electron chi connectivity index (χ4n) is 1.53. The van der Waals surface area contributed by atoms with E-state index in [0.29, 0.717) is 5.69 Å². The normalized spacial score (nSPS) is 10.4. The lowest BCUT2D eigenvalue weighted by molar-refractivity contribution is 0.579. The minimum absolute atomic E-state index is 0.101. The van der Waals surface area contributed by atoms with Crippen molar-refractivity contribution in [1.82, 2.24) is 4.98 Å². The Morgan fingerprint density at radius 2 is 1.89 bits per heavy atom. The number of hydrazine groups is 1. The Kier molecular flexibility index (Phi) is 3.96. The summed E-state index contributed by atoms with van der Waals surface area (Å²) in [5, 5.41) is 2.80. The summed E-state index contributed by atoms with van der Waals surface area (Å²) < 4.78 is 27.7. The lowest BCUT2D eigenvalue weighted by atomic mass is 10.2. The first-order chi connectivity index (χ1) is 9.02. The standard InChI is InChI=1S/C12H11BrF2N4/c1-6-7(13)3-2-4-10(6)17-11-8(14)5-9(15)12(18-11)19-16/h2-5H,16H2,1H3,(H2,17,18,19). The predicted molar refractivity (Wildman–Crippen MR) is 74.1 cm³/mol. The van der Waals surface area contributed by atoms with Crippen LogP contribution in [0.15, 0.2) is 28.7 Å². The molecule has 19 heavy (non-hydrogen) atoms. The van der Waals surface area contributed by atoms with E-state index in [4.69, 9.17) is 5.84 Å². The summed E-state index contributed by atoms with van der Waals surface area (Å²) in [4.78, 5) is 3.74. The number of anilines is 3. The van der Waals surface area contributed by atoms with Crippen molar-refractivity contribution in [1.29, 1.82) is 0 Å². The van der Waals surface area contributed by atoms with Crippen LogP contribution in [-0.4, -0.2) is 4.98 Å². The Labute approximate surface area is 117 Å². The molecule has 2 rings (SSSR count). The summed E-state index contributed by atoms with van der Waals surface area (Å²) in [5.41, 5.74) is 3.62. The molecule has 4 nitrogen and oxygen atoms in total. The minimum atomic E-state index is -0.850. The van der Waals surface area contributed by atoms with Crippen molar-refractivity contribution in [2.45, 2.75) is 6.92 Å². The number of nitrogens with one attached hydrogen (secondary N) is 2. The molecule has 0 atom stereocenters. The molecular weight excluding hydrogens is 318 g/mol. The monoisotopic (exact) mass is 328 g/mol. The van der Waals surface area contributed by atoms with Gasteiger partial charge in [0, 0.05) is 16.2 Å². The van der Waals surface area contributed by atoms with E-state index in [0.717, 1.165) is 16.1 Å². The Hall–Kier alpha value is -1.73. The van der Waals surface area contributed by atoms with E-state index < -0.39 is 11.6 Å². The Balaban J connectivity index is 2.41. The fraction of sp³-hybridized carbons (Fsp3) is 0.0833. The Bertz CT molecular complexity index is 619. The summed E-state index contributed by atoms with van der Waals surface area (Å²) in [6.45, 7) is 1.86. The number of rotatable bonds is 3. The average Bonchev–Trinajstić information content (AvgIpc) is 2.38. The number of nitrogens with two attached hydrogens (primary N) is 1. The van der Waals surface area contributed by atoms with Crippen LogP contribution >= 0.6 is 15.9 Å². The topological polar surface area (TPSA) is 63.0 Å². The van der Waals surface area contributed by atoms with Crippen LogP contribution < -0.4 is 16.6 Å². The molecule has 0 saturated carbocycles. The van der Waals surface area contributed by atoms with Gasteiger partial charge in [-0.3, -0.25) is 0 Å². The molecule has 0 aliphatic rings. The first-order valence-electron chi connectivity index (χ1n) is 5.37. The van der Waals surface area contributed by atoms with Crippen LogP contribution in [0.1, 0.15) is 5.56 Å². The number of nitrogens with zero attached hydrogens (tertiary/aromatic N) is 1. The second-order valence-corrected chi connectivity index (χ2v) is 4.69. The molecule has 0 unspecified atom stereocenters. The maximum atomic E-state index is 13.6. The first-order valence-corrected chi connectivity index (χ1v) is 6.17. The van der Waals surface area contributed by atoms with Crippen molar-refractivity contribution in [3.63, 3.8) is 0 Å². The molecule has 0 amide bonds. The summed E-state index contributed by atoms with van der Waals surface area (Å²) in [6.07, 6.45) is 0. The first kappa shape index (κ1) is 13.7. The van der Waals surface area contributed by atoms with E-state index in [1.165, 1.54) is 0 Å². The van der Waals surface area contributed by atoms with E-state index >= 15 is 0 Å². The highest BCUT2D eigenvalue weighted by atomic mass is 79.9. The smallest absolute Gasteiger partial charge is 0.178 e. The summed E-state index contributed by atoms with van der Waals surface area (Å²) >= 11 is 3.37. The van der Waals surface area contributed by atoms with Crippen molar-refractivity contribution in [3.05, 3.63) is 45.9 Å². The number of nitrogen functional groups attached to an aromatic ring is 1. The molecule has 0 aliphatic carbocycles. The molecule has 0 aliphatic heterocycles. The number of benzene rings is 1.